The second kappa shape index (κ2) is 27.1. The van der Waals surface area contributed by atoms with Gasteiger partial charge in [0.25, 0.3) is 11.6 Å². The molecule has 276 valence electrons. The lowest BCUT2D eigenvalue weighted by atomic mass is 10.1. The maximum absolute atomic E-state index is 12.3. The Balaban J connectivity index is 2.19. The first-order valence-electron chi connectivity index (χ1n) is 19.9. The first-order chi connectivity index (χ1) is 24.5. The molecule has 2 aromatic rings. The lowest BCUT2D eigenvalue weighted by Gasteiger charge is -2.26. The van der Waals surface area contributed by atoms with Crippen molar-refractivity contribution in [3.05, 3.63) is 41.0 Å². The number of imidazole rings is 1. The smallest absolute Gasteiger partial charge is 0.373 e. The molecule has 0 bridgehead atoms. The number of hydrogen-bond donors (Lipinski definition) is 1. The predicted molar refractivity (Wildman–Crippen MR) is 210 cm³/mol. The first-order valence-corrected chi connectivity index (χ1v) is 19.9. The van der Waals surface area contributed by atoms with Crippen LogP contribution in [0.4, 0.5) is 34.6 Å². The minimum absolute atomic E-state index is 0.0542. The van der Waals surface area contributed by atoms with Gasteiger partial charge in [0.1, 0.15) is 5.69 Å². The zero-order valence-corrected chi connectivity index (χ0v) is 31.9. The van der Waals surface area contributed by atoms with Crippen molar-refractivity contribution in [3.8, 4) is 0 Å². The van der Waals surface area contributed by atoms with Crippen LogP contribution in [-0.2, 0) is 11.3 Å². The van der Waals surface area contributed by atoms with Crippen molar-refractivity contribution in [2.75, 3.05) is 23.3 Å². The van der Waals surface area contributed by atoms with Crippen molar-refractivity contribution in [3.63, 3.8) is 0 Å². The SMILES string of the molecule is [C-]#[N+]c1nc(N=Nc2ccc(N(CCCCCCCC)CCCCCCCC)cc2NC(C)=O)n(CCCCCCCCCCCC)c1[N+]#[C-]. The lowest BCUT2D eigenvalue weighted by molar-refractivity contribution is -0.114. The molecule has 50 heavy (non-hydrogen) atoms. The quantitative estimate of drug-likeness (QED) is 0.0525. The fraction of sp³-hybridized carbons (Fsp3) is 0.707. The van der Waals surface area contributed by atoms with Crippen molar-refractivity contribution in [2.45, 2.75) is 175 Å². The molecular weight excluding hydrogens is 621 g/mol. The van der Waals surface area contributed by atoms with E-state index in [0.29, 0.717) is 17.9 Å². The maximum Gasteiger partial charge on any atom is 0.416 e. The van der Waals surface area contributed by atoms with Crippen LogP contribution in [0.15, 0.2) is 28.4 Å². The molecule has 0 aliphatic heterocycles. The van der Waals surface area contributed by atoms with Gasteiger partial charge in [0.2, 0.25) is 5.91 Å². The molecule has 1 N–H and O–H groups in total. The second-order valence-corrected chi connectivity index (χ2v) is 13.7. The average Bonchev–Trinajstić information content (AvgIpc) is 3.46. The van der Waals surface area contributed by atoms with Crippen LogP contribution in [0.1, 0.15) is 169 Å². The summed E-state index contributed by atoms with van der Waals surface area (Å²) in [6.45, 7) is 26.1. The van der Waals surface area contributed by atoms with Gasteiger partial charge in [-0.25, -0.2) is 4.57 Å². The lowest BCUT2D eigenvalue weighted by Crippen LogP contribution is -2.26. The normalized spacial score (nSPS) is 11.2. The number of nitrogens with one attached hydrogen (secondary N) is 1. The molecule has 1 heterocycles. The first kappa shape index (κ1) is 42.4. The minimum Gasteiger partial charge on any atom is -0.373 e. The maximum atomic E-state index is 12.3. The molecule has 0 saturated carbocycles. The topological polar surface area (TPSA) is 83.6 Å². The van der Waals surface area contributed by atoms with E-state index in [1.165, 1.54) is 116 Å². The summed E-state index contributed by atoms with van der Waals surface area (Å²) in [6.07, 6.45) is 27.2. The Labute approximate surface area is 304 Å². The molecule has 0 aliphatic rings. The molecule has 0 aliphatic carbocycles. The Morgan fingerprint density at radius 3 is 1.70 bits per heavy atom. The highest BCUT2D eigenvalue weighted by Gasteiger charge is 2.22. The van der Waals surface area contributed by atoms with Gasteiger partial charge >= 0.3 is 5.95 Å². The van der Waals surface area contributed by atoms with Crippen LogP contribution in [0.25, 0.3) is 9.69 Å². The van der Waals surface area contributed by atoms with Gasteiger partial charge in [-0.15, -0.1) is 5.11 Å². The van der Waals surface area contributed by atoms with Crippen LogP contribution >= 0.6 is 0 Å². The molecule has 9 heteroatoms. The number of nitrogens with zero attached hydrogens (tertiary/aromatic N) is 7. The number of benzene rings is 1. The summed E-state index contributed by atoms with van der Waals surface area (Å²) >= 11 is 0. The molecule has 0 fully saturated rings. The van der Waals surface area contributed by atoms with E-state index in [0.717, 1.165) is 50.9 Å². The number of anilines is 2. The van der Waals surface area contributed by atoms with E-state index >= 15 is 0 Å². The third-order valence-electron chi connectivity index (χ3n) is 9.32. The van der Waals surface area contributed by atoms with Gasteiger partial charge in [-0.05, 0) is 43.9 Å². The number of carbonyl (C=O) groups is 1. The van der Waals surface area contributed by atoms with Crippen molar-refractivity contribution in [2.24, 2.45) is 10.2 Å². The van der Waals surface area contributed by atoms with Crippen LogP contribution in [-0.4, -0.2) is 28.5 Å². The number of unbranched alkanes of at least 4 members (excludes halogenated alkanes) is 19. The number of azo groups is 1. The zero-order chi connectivity index (χ0) is 36.2. The standard InChI is InChI=1S/C41H66N8O/c1-7-10-13-16-19-20-21-22-25-28-33-49-40(43-6)39(42-5)45-41(49)47-46-37-30-29-36(34-38(37)44-35(4)50)48(31-26-23-17-14-11-8-2)32-27-24-18-15-12-9-3/h29-30,34H,7-28,31-33H2,1-4H3,(H,44,50). The van der Waals surface area contributed by atoms with Crippen LogP contribution in [0.3, 0.4) is 0 Å². The van der Waals surface area contributed by atoms with Gasteiger partial charge in [0.05, 0.1) is 12.2 Å². The Kier molecular flexibility index (Phi) is 23.0. The molecular formula is C41H66N8O. The predicted octanol–water partition coefficient (Wildman–Crippen LogP) is 13.8. The molecule has 0 atom stereocenters. The van der Waals surface area contributed by atoms with Crippen molar-refractivity contribution < 1.29 is 4.79 Å². The summed E-state index contributed by atoms with van der Waals surface area (Å²) in [5.74, 6) is 0.342. The van der Waals surface area contributed by atoms with Crippen molar-refractivity contribution in [1.82, 2.24) is 9.55 Å². The van der Waals surface area contributed by atoms with Crippen LogP contribution < -0.4 is 10.2 Å². The Hall–Kier alpha value is -3.72. The average molecular weight is 687 g/mol. The number of rotatable bonds is 29. The molecule has 0 spiro atoms. The van der Waals surface area contributed by atoms with Crippen molar-refractivity contribution >= 4 is 40.6 Å². The molecule has 1 aromatic carbocycles. The number of amides is 1. The minimum atomic E-state index is -0.176. The molecule has 1 amide bonds. The van der Waals surface area contributed by atoms with E-state index in [4.69, 9.17) is 13.1 Å². The molecule has 1 aromatic heterocycles. The zero-order valence-electron chi connectivity index (χ0n) is 31.9. The third kappa shape index (κ3) is 16.8. The fourth-order valence-corrected chi connectivity index (χ4v) is 6.38. The summed E-state index contributed by atoms with van der Waals surface area (Å²) < 4.78 is 1.73. The Morgan fingerprint density at radius 2 is 1.22 bits per heavy atom. The van der Waals surface area contributed by atoms with E-state index in [9.17, 15) is 4.79 Å². The largest absolute Gasteiger partial charge is 0.416 e. The summed E-state index contributed by atoms with van der Waals surface area (Å²) in [6, 6.07) is 5.98. The fourth-order valence-electron chi connectivity index (χ4n) is 6.38. The number of carbonyl (C=O) groups excluding carboxylic acids is 1. The third-order valence-corrected chi connectivity index (χ3v) is 9.32. The highest BCUT2D eigenvalue weighted by molar-refractivity contribution is 5.93. The van der Waals surface area contributed by atoms with Gasteiger partial charge in [0.15, 0.2) is 0 Å². The monoisotopic (exact) mass is 687 g/mol. The highest BCUT2D eigenvalue weighted by atomic mass is 16.1. The Morgan fingerprint density at radius 1 is 0.720 bits per heavy atom. The van der Waals surface area contributed by atoms with E-state index in [2.05, 4.69) is 62.0 Å². The van der Waals surface area contributed by atoms with Gasteiger partial charge < -0.3 is 19.9 Å². The van der Waals surface area contributed by atoms with E-state index in [-0.39, 0.29) is 23.5 Å². The molecule has 9 nitrogen and oxygen atoms in total. The van der Waals surface area contributed by atoms with Gasteiger partial charge in [0, 0.05) is 25.7 Å². The summed E-state index contributed by atoms with van der Waals surface area (Å²) in [5.41, 5.74) is 2.19. The van der Waals surface area contributed by atoms with Crippen LogP contribution in [0, 0.1) is 13.1 Å². The molecule has 2 rings (SSSR count). The van der Waals surface area contributed by atoms with Crippen LogP contribution in [0.5, 0.6) is 0 Å². The van der Waals surface area contributed by atoms with Crippen LogP contribution in [0.2, 0.25) is 0 Å². The number of aromatic nitrogens is 2. The van der Waals surface area contributed by atoms with E-state index in [1.807, 2.05) is 12.1 Å². The number of hydrogen-bond acceptors (Lipinski definition) is 5. The van der Waals surface area contributed by atoms with Crippen molar-refractivity contribution in [1.29, 1.82) is 0 Å². The highest BCUT2D eigenvalue weighted by Crippen LogP contribution is 2.36. The van der Waals surface area contributed by atoms with E-state index in [1.54, 1.807) is 4.57 Å². The summed E-state index contributed by atoms with van der Waals surface area (Å²) in [4.78, 5) is 26.2. The molecule has 0 radical (unpaired) electrons. The molecule has 0 unspecified atom stereocenters. The summed E-state index contributed by atoms with van der Waals surface area (Å²) in [5, 5.41) is 11.9. The Bertz CT molecular complexity index is 1320. The van der Waals surface area contributed by atoms with E-state index < -0.39 is 0 Å². The second-order valence-electron chi connectivity index (χ2n) is 13.7. The summed E-state index contributed by atoms with van der Waals surface area (Å²) in [7, 11) is 0. The van der Waals surface area contributed by atoms with Gasteiger partial charge in [-0.3, -0.25) is 4.79 Å². The van der Waals surface area contributed by atoms with Gasteiger partial charge in [-0.1, -0.05) is 160 Å². The van der Waals surface area contributed by atoms with Gasteiger partial charge in [-0.2, -0.15) is 0 Å². The molecule has 0 saturated heterocycles.